The predicted molar refractivity (Wildman–Crippen MR) is 94.1 cm³/mol. The fraction of sp³-hybridized carbons (Fsp3) is 0.833. The molecule has 0 unspecified atom stereocenters. The Kier molecular flexibility index (Phi) is 10.3. The number of amides is 2. The first-order valence-corrected chi connectivity index (χ1v) is 9.19. The van der Waals surface area contributed by atoms with Crippen LogP contribution >= 0.6 is 0 Å². The van der Waals surface area contributed by atoms with Gasteiger partial charge in [-0.15, -0.1) is 0 Å². The van der Waals surface area contributed by atoms with E-state index in [1.165, 1.54) is 0 Å². The summed E-state index contributed by atoms with van der Waals surface area (Å²) in [7, 11) is 0. The van der Waals surface area contributed by atoms with Crippen LogP contribution in [-0.2, 0) is 23.9 Å². The van der Waals surface area contributed by atoms with Gasteiger partial charge in [0.2, 0.25) is 11.8 Å². The summed E-state index contributed by atoms with van der Waals surface area (Å²) in [4.78, 5) is 35.0. The van der Waals surface area contributed by atoms with E-state index in [-0.39, 0.29) is 41.9 Å². The van der Waals surface area contributed by atoms with Crippen molar-refractivity contribution in [3.63, 3.8) is 0 Å². The molecule has 7 nitrogen and oxygen atoms in total. The van der Waals surface area contributed by atoms with Gasteiger partial charge in [0.05, 0.1) is 19.8 Å². The molecule has 0 bridgehead atoms. The number of hydrogen-bond donors (Lipinski definition) is 2. The van der Waals surface area contributed by atoms with Crippen LogP contribution in [0.4, 0.5) is 0 Å². The lowest BCUT2D eigenvalue weighted by atomic mass is 9.75. The first-order valence-electron chi connectivity index (χ1n) is 9.19. The van der Waals surface area contributed by atoms with Crippen LogP contribution < -0.4 is 10.6 Å². The summed E-state index contributed by atoms with van der Waals surface area (Å²) in [6.45, 7) is 7.86. The summed E-state index contributed by atoms with van der Waals surface area (Å²) in [5, 5.41) is 5.65. The fourth-order valence-electron chi connectivity index (χ4n) is 2.67. The van der Waals surface area contributed by atoms with Crippen molar-refractivity contribution in [2.45, 2.75) is 52.5 Å². The van der Waals surface area contributed by atoms with Gasteiger partial charge in [-0.3, -0.25) is 14.4 Å². The highest BCUT2D eigenvalue weighted by Crippen LogP contribution is 2.30. The molecule has 0 saturated heterocycles. The normalized spacial score (nSPS) is 19.4. The molecule has 2 amide bonds. The monoisotopic (exact) mass is 356 g/mol. The molecule has 0 aliphatic heterocycles. The Bertz CT molecular complexity index is 433. The minimum Gasteiger partial charge on any atom is -0.381 e. The zero-order chi connectivity index (χ0) is 18.7. The molecule has 7 heteroatoms. The second kappa shape index (κ2) is 12.0. The molecule has 1 rings (SSSR count). The average Bonchev–Trinajstić information content (AvgIpc) is 2.53. The number of carbonyl (C=O) groups excluding carboxylic acids is 3. The molecule has 1 aliphatic rings. The van der Waals surface area contributed by atoms with E-state index >= 15 is 0 Å². The molecular weight excluding hydrogens is 324 g/mol. The van der Waals surface area contributed by atoms with Gasteiger partial charge in [-0.1, -0.05) is 13.8 Å². The third-order valence-corrected chi connectivity index (χ3v) is 4.19. The standard InChI is InChI=1S/C18H32N2O5/c1-4-24-8-5-16(21)19-7-10-25-9-6-17(22)20-15-11-14(12-15)18(23)13(2)3/h13-15H,4-12H2,1-3H3,(H,19,21)(H,20,22)/t14-,15+. The molecular formula is C18H32N2O5. The Morgan fingerprint density at radius 2 is 1.64 bits per heavy atom. The van der Waals surface area contributed by atoms with Crippen LogP contribution in [0.3, 0.4) is 0 Å². The van der Waals surface area contributed by atoms with Crippen LogP contribution in [0.2, 0.25) is 0 Å². The second-order valence-electron chi connectivity index (χ2n) is 6.65. The van der Waals surface area contributed by atoms with Gasteiger partial charge in [-0.2, -0.15) is 0 Å². The van der Waals surface area contributed by atoms with Gasteiger partial charge in [0, 0.05) is 43.9 Å². The SMILES string of the molecule is CCOCCC(=O)NCCOCCC(=O)N[C@H]1C[C@@H](C(=O)C(C)C)C1. The van der Waals surface area contributed by atoms with Crippen molar-refractivity contribution in [3.8, 4) is 0 Å². The van der Waals surface area contributed by atoms with Crippen molar-refractivity contribution in [2.75, 3.05) is 33.0 Å². The Labute approximate surface area is 150 Å². The number of rotatable bonds is 13. The number of nitrogens with one attached hydrogen (secondary N) is 2. The van der Waals surface area contributed by atoms with E-state index in [2.05, 4.69) is 10.6 Å². The van der Waals surface area contributed by atoms with Gasteiger partial charge >= 0.3 is 0 Å². The van der Waals surface area contributed by atoms with Crippen LogP contribution in [0, 0.1) is 11.8 Å². The van der Waals surface area contributed by atoms with E-state index in [4.69, 9.17) is 9.47 Å². The third kappa shape index (κ3) is 8.97. The summed E-state index contributed by atoms with van der Waals surface area (Å²) >= 11 is 0. The zero-order valence-electron chi connectivity index (χ0n) is 15.6. The second-order valence-corrected chi connectivity index (χ2v) is 6.65. The van der Waals surface area contributed by atoms with E-state index < -0.39 is 0 Å². The molecule has 0 heterocycles. The zero-order valence-corrected chi connectivity index (χ0v) is 15.6. The Morgan fingerprint density at radius 3 is 2.28 bits per heavy atom. The molecule has 0 atom stereocenters. The van der Waals surface area contributed by atoms with Crippen LogP contribution in [0.1, 0.15) is 46.5 Å². The molecule has 0 radical (unpaired) electrons. The maximum Gasteiger partial charge on any atom is 0.222 e. The molecule has 144 valence electrons. The van der Waals surface area contributed by atoms with Crippen molar-refractivity contribution in [1.82, 2.24) is 10.6 Å². The van der Waals surface area contributed by atoms with Crippen LogP contribution in [0.15, 0.2) is 0 Å². The summed E-state index contributed by atoms with van der Waals surface area (Å²) in [5.74, 6) is 0.339. The highest BCUT2D eigenvalue weighted by Gasteiger charge is 2.35. The van der Waals surface area contributed by atoms with E-state index in [0.717, 1.165) is 12.8 Å². The molecule has 0 spiro atoms. The lowest BCUT2D eigenvalue weighted by molar-refractivity contribution is -0.131. The van der Waals surface area contributed by atoms with E-state index in [1.54, 1.807) is 0 Å². The van der Waals surface area contributed by atoms with Crippen molar-refractivity contribution in [2.24, 2.45) is 11.8 Å². The van der Waals surface area contributed by atoms with Crippen LogP contribution in [0.25, 0.3) is 0 Å². The minimum absolute atomic E-state index is 0.0544. The Hall–Kier alpha value is -1.47. The van der Waals surface area contributed by atoms with Crippen molar-refractivity contribution >= 4 is 17.6 Å². The summed E-state index contributed by atoms with van der Waals surface area (Å²) < 4.78 is 10.4. The largest absolute Gasteiger partial charge is 0.381 e. The molecule has 0 aromatic rings. The van der Waals surface area contributed by atoms with Gasteiger partial charge in [0.1, 0.15) is 5.78 Å². The van der Waals surface area contributed by atoms with Gasteiger partial charge in [-0.05, 0) is 19.8 Å². The molecule has 25 heavy (non-hydrogen) atoms. The molecule has 2 N–H and O–H groups in total. The third-order valence-electron chi connectivity index (χ3n) is 4.19. The summed E-state index contributed by atoms with van der Waals surface area (Å²) in [6, 6.07) is 0.116. The first kappa shape index (κ1) is 21.6. The maximum atomic E-state index is 11.8. The quantitative estimate of drug-likeness (QED) is 0.481. The number of Topliss-reactive ketones (excluding diaryl/α,β-unsaturated/α-hetero) is 1. The predicted octanol–water partition coefficient (Wildman–Crippen LogP) is 1.06. The number of ketones is 1. The number of ether oxygens (including phenoxy) is 2. The highest BCUT2D eigenvalue weighted by molar-refractivity contribution is 5.84. The van der Waals surface area contributed by atoms with Gasteiger partial charge in [0.25, 0.3) is 0 Å². The smallest absolute Gasteiger partial charge is 0.222 e. The molecule has 0 aromatic carbocycles. The summed E-state index contributed by atoms with van der Waals surface area (Å²) in [6.07, 6.45) is 2.13. The van der Waals surface area contributed by atoms with Crippen molar-refractivity contribution in [1.29, 1.82) is 0 Å². The fourth-order valence-corrected chi connectivity index (χ4v) is 2.67. The highest BCUT2D eigenvalue weighted by atomic mass is 16.5. The Morgan fingerprint density at radius 1 is 1.00 bits per heavy atom. The van der Waals surface area contributed by atoms with E-state index in [0.29, 0.717) is 39.4 Å². The molecule has 0 aromatic heterocycles. The van der Waals surface area contributed by atoms with E-state index in [9.17, 15) is 14.4 Å². The van der Waals surface area contributed by atoms with Crippen LogP contribution in [0.5, 0.6) is 0 Å². The average molecular weight is 356 g/mol. The van der Waals surface area contributed by atoms with Gasteiger partial charge in [-0.25, -0.2) is 0 Å². The lowest BCUT2D eigenvalue weighted by Crippen LogP contribution is -2.47. The number of carbonyl (C=O) groups is 3. The molecule has 1 fully saturated rings. The van der Waals surface area contributed by atoms with E-state index in [1.807, 2.05) is 20.8 Å². The maximum absolute atomic E-state index is 11.8. The minimum atomic E-state index is -0.0646. The van der Waals surface area contributed by atoms with Crippen LogP contribution in [-0.4, -0.2) is 56.6 Å². The van der Waals surface area contributed by atoms with Crippen molar-refractivity contribution in [3.05, 3.63) is 0 Å². The molecule has 1 saturated carbocycles. The first-order chi connectivity index (χ1) is 11.9. The van der Waals surface area contributed by atoms with Gasteiger partial charge in [0.15, 0.2) is 0 Å². The number of hydrogen-bond acceptors (Lipinski definition) is 5. The van der Waals surface area contributed by atoms with Gasteiger partial charge < -0.3 is 20.1 Å². The lowest BCUT2D eigenvalue weighted by Gasteiger charge is -2.35. The van der Waals surface area contributed by atoms with Crippen molar-refractivity contribution < 1.29 is 23.9 Å². The summed E-state index contributed by atoms with van der Waals surface area (Å²) in [5.41, 5.74) is 0. The Balaban J connectivity index is 1.95. The topological polar surface area (TPSA) is 93.7 Å². The molecule has 1 aliphatic carbocycles.